The van der Waals surface area contributed by atoms with E-state index in [4.69, 9.17) is 13.9 Å². The van der Waals surface area contributed by atoms with E-state index >= 15 is 0 Å². The molecular weight excluding hydrogens is 270 g/mol. The molecule has 6 nitrogen and oxygen atoms in total. The van der Waals surface area contributed by atoms with Crippen molar-refractivity contribution < 1.29 is 22.4 Å². The first kappa shape index (κ1) is 13.9. The van der Waals surface area contributed by atoms with E-state index in [-0.39, 0.29) is 29.6 Å². The van der Waals surface area contributed by atoms with Gasteiger partial charge in [0, 0.05) is 13.1 Å². The zero-order chi connectivity index (χ0) is 14.0. The Morgan fingerprint density at radius 2 is 2.11 bits per heavy atom. The second-order valence-corrected chi connectivity index (χ2v) is 6.15. The SMILES string of the molecule is Cc1oc(CO)cc1S(=O)(=O)N(C)Cc1ccco1. The molecule has 0 aromatic carbocycles. The van der Waals surface area contributed by atoms with E-state index in [0.29, 0.717) is 5.76 Å². The normalized spacial score (nSPS) is 12.2. The molecular formula is C12H15NO5S. The van der Waals surface area contributed by atoms with Gasteiger partial charge in [0.25, 0.3) is 0 Å². The molecule has 0 saturated carbocycles. The van der Waals surface area contributed by atoms with E-state index in [0.717, 1.165) is 0 Å². The van der Waals surface area contributed by atoms with Gasteiger partial charge in [-0.05, 0) is 19.1 Å². The number of nitrogens with zero attached hydrogens (tertiary/aromatic N) is 1. The molecule has 0 amide bonds. The summed E-state index contributed by atoms with van der Waals surface area (Å²) in [5.74, 6) is 1.03. The third-order valence-electron chi connectivity index (χ3n) is 2.73. The summed E-state index contributed by atoms with van der Waals surface area (Å²) < 4.78 is 36.2. The van der Waals surface area contributed by atoms with E-state index in [1.54, 1.807) is 19.1 Å². The Labute approximate surface area is 111 Å². The fourth-order valence-corrected chi connectivity index (χ4v) is 3.05. The van der Waals surface area contributed by atoms with E-state index in [1.807, 2.05) is 0 Å². The van der Waals surface area contributed by atoms with Gasteiger partial charge in [-0.15, -0.1) is 0 Å². The van der Waals surface area contributed by atoms with Crippen LogP contribution in [0.15, 0.2) is 38.2 Å². The number of rotatable bonds is 5. The van der Waals surface area contributed by atoms with Crippen molar-refractivity contribution in [2.75, 3.05) is 7.05 Å². The van der Waals surface area contributed by atoms with Crippen LogP contribution in [0.1, 0.15) is 17.3 Å². The van der Waals surface area contributed by atoms with Gasteiger partial charge in [0.15, 0.2) is 0 Å². The Morgan fingerprint density at radius 1 is 1.37 bits per heavy atom. The van der Waals surface area contributed by atoms with Crippen molar-refractivity contribution in [2.24, 2.45) is 0 Å². The Kier molecular flexibility index (Phi) is 3.79. The maximum Gasteiger partial charge on any atom is 0.246 e. The Balaban J connectivity index is 2.28. The number of hydrogen-bond donors (Lipinski definition) is 1. The van der Waals surface area contributed by atoms with E-state index < -0.39 is 10.0 Å². The van der Waals surface area contributed by atoms with Crippen molar-refractivity contribution in [1.29, 1.82) is 0 Å². The van der Waals surface area contributed by atoms with Crippen molar-refractivity contribution in [3.05, 3.63) is 41.7 Å². The fraction of sp³-hybridized carbons (Fsp3) is 0.333. The summed E-state index contributed by atoms with van der Waals surface area (Å²) in [5.41, 5.74) is 0. The van der Waals surface area contributed by atoms with E-state index in [1.165, 1.54) is 23.7 Å². The first-order valence-corrected chi connectivity index (χ1v) is 7.08. The molecule has 0 aliphatic heterocycles. The van der Waals surface area contributed by atoms with Crippen LogP contribution in [0.4, 0.5) is 0 Å². The van der Waals surface area contributed by atoms with Crippen molar-refractivity contribution >= 4 is 10.0 Å². The highest BCUT2D eigenvalue weighted by Crippen LogP contribution is 2.24. The summed E-state index contributed by atoms with van der Waals surface area (Å²) in [4.78, 5) is 0.0607. The molecule has 2 heterocycles. The number of aliphatic hydroxyl groups excluding tert-OH is 1. The number of aliphatic hydroxyl groups is 1. The van der Waals surface area contributed by atoms with Crippen LogP contribution in [0.2, 0.25) is 0 Å². The third-order valence-corrected chi connectivity index (χ3v) is 4.64. The number of furan rings is 2. The Morgan fingerprint density at radius 3 is 2.63 bits per heavy atom. The molecule has 2 aromatic heterocycles. The molecule has 19 heavy (non-hydrogen) atoms. The summed E-state index contributed by atoms with van der Waals surface area (Å²) in [6.45, 7) is 1.35. The first-order valence-electron chi connectivity index (χ1n) is 5.64. The number of hydrogen-bond acceptors (Lipinski definition) is 5. The molecule has 0 aliphatic rings. The van der Waals surface area contributed by atoms with Gasteiger partial charge in [-0.1, -0.05) is 0 Å². The van der Waals surface area contributed by atoms with Gasteiger partial charge in [0.2, 0.25) is 10.0 Å². The van der Waals surface area contributed by atoms with Crippen LogP contribution in [0.3, 0.4) is 0 Å². The van der Waals surface area contributed by atoms with Crippen LogP contribution < -0.4 is 0 Å². The molecule has 7 heteroatoms. The summed E-state index contributed by atoms with van der Waals surface area (Å²) >= 11 is 0. The van der Waals surface area contributed by atoms with E-state index in [2.05, 4.69) is 0 Å². The predicted molar refractivity (Wildman–Crippen MR) is 66.7 cm³/mol. The topological polar surface area (TPSA) is 83.9 Å². The Hall–Kier alpha value is -1.57. The molecule has 0 saturated heterocycles. The standard InChI is InChI=1S/C12H15NO5S/c1-9-12(6-11(8-14)18-9)19(15,16)13(2)7-10-4-3-5-17-10/h3-6,14H,7-8H2,1-2H3. The van der Waals surface area contributed by atoms with Crippen LogP contribution >= 0.6 is 0 Å². The molecule has 0 aliphatic carbocycles. The van der Waals surface area contributed by atoms with Crippen molar-refractivity contribution in [1.82, 2.24) is 4.31 Å². The minimum atomic E-state index is -3.67. The summed E-state index contributed by atoms with van der Waals surface area (Å²) in [6.07, 6.45) is 1.49. The summed E-state index contributed by atoms with van der Waals surface area (Å²) in [6, 6.07) is 4.74. The van der Waals surface area contributed by atoms with Crippen LogP contribution in [-0.4, -0.2) is 24.9 Å². The minimum absolute atomic E-state index is 0.0607. The van der Waals surface area contributed by atoms with Gasteiger partial charge in [0.1, 0.15) is 28.8 Å². The molecule has 2 aromatic rings. The lowest BCUT2D eigenvalue weighted by Gasteiger charge is -2.14. The highest BCUT2D eigenvalue weighted by Gasteiger charge is 2.26. The lowest BCUT2D eigenvalue weighted by Crippen LogP contribution is -2.26. The van der Waals surface area contributed by atoms with Crippen LogP contribution in [0, 0.1) is 6.92 Å². The fourth-order valence-electron chi connectivity index (χ4n) is 1.73. The molecule has 104 valence electrons. The van der Waals surface area contributed by atoms with Gasteiger partial charge < -0.3 is 13.9 Å². The molecule has 2 rings (SSSR count). The maximum absolute atomic E-state index is 12.4. The van der Waals surface area contributed by atoms with Gasteiger partial charge in [-0.3, -0.25) is 0 Å². The van der Waals surface area contributed by atoms with Gasteiger partial charge in [-0.2, -0.15) is 4.31 Å². The van der Waals surface area contributed by atoms with Gasteiger partial charge in [-0.25, -0.2) is 8.42 Å². The van der Waals surface area contributed by atoms with Crippen molar-refractivity contribution in [3.63, 3.8) is 0 Å². The summed E-state index contributed by atoms with van der Waals surface area (Å²) in [5, 5.41) is 8.97. The number of sulfonamides is 1. The van der Waals surface area contributed by atoms with Crippen molar-refractivity contribution in [2.45, 2.75) is 25.0 Å². The molecule has 0 radical (unpaired) electrons. The molecule has 0 bridgehead atoms. The Bertz CT molecular complexity index is 642. The number of aryl methyl sites for hydroxylation is 1. The second kappa shape index (κ2) is 5.20. The zero-order valence-corrected chi connectivity index (χ0v) is 11.5. The predicted octanol–water partition coefficient (Wildman–Crippen LogP) is 1.49. The lowest BCUT2D eigenvalue weighted by molar-refractivity contribution is 0.244. The molecule has 0 atom stereocenters. The van der Waals surface area contributed by atoms with Crippen LogP contribution in [0.25, 0.3) is 0 Å². The van der Waals surface area contributed by atoms with Crippen molar-refractivity contribution in [3.8, 4) is 0 Å². The second-order valence-electron chi connectivity index (χ2n) is 4.13. The molecule has 0 fully saturated rings. The highest BCUT2D eigenvalue weighted by atomic mass is 32.2. The summed E-state index contributed by atoms with van der Waals surface area (Å²) in [7, 11) is -2.21. The largest absolute Gasteiger partial charge is 0.468 e. The average molecular weight is 285 g/mol. The van der Waals surface area contributed by atoms with E-state index in [9.17, 15) is 8.42 Å². The van der Waals surface area contributed by atoms with Gasteiger partial charge in [0.05, 0.1) is 12.8 Å². The lowest BCUT2D eigenvalue weighted by atomic mass is 10.4. The monoisotopic (exact) mass is 285 g/mol. The van der Waals surface area contributed by atoms with Crippen LogP contribution in [0.5, 0.6) is 0 Å². The molecule has 0 unspecified atom stereocenters. The highest BCUT2D eigenvalue weighted by molar-refractivity contribution is 7.89. The maximum atomic E-state index is 12.4. The molecule has 1 N–H and O–H groups in total. The average Bonchev–Trinajstić information content (AvgIpc) is 2.98. The van der Waals surface area contributed by atoms with Crippen LogP contribution in [-0.2, 0) is 23.2 Å². The quantitative estimate of drug-likeness (QED) is 0.899. The minimum Gasteiger partial charge on any atom is -0.468 e. The first-order chi connectivity index (χ1) is 8.95. The molecule has 0 spiro atoms. The zero-order valence-electron chi connectivity index (χ0n) is 10.7. The third kappa shape index (κ3) is 2.73. The van der Waals surface area contributed by atoms with Gasteiger partial charge >= 0.3 is 0 Å². The smallest absolute Gasteiger partial charge is 0.246 e.